The highest BCUT2D eigenvalue weighted by molar-refractivity contribution is 6.03. The van der Waals surface area contributed by atoms with Crippen molar-refractivity contribution in [3.05, 3.63) is 10.4 Å². The van der Waals surface area contributed by atoms with Gasteiger partial charge in [-0.05, 0) is 5.53 Å². The Kier molecular flexibility index (Phi) is 1.43. The molecule has 0 aliphatic carbocycles. The molecular formula is C3H3N5O2. The monoisotopic (exact) mass is 141 g/mol. The van der Waals surface area contributed by atoms with Crippen LogP contribution >= 0.6 is 0 Å². The van der Waals surface area contributed by atoms with E-state index in [9.17, 15) is 9.59 Å². The van der Waals surface area contributed by atoms with Gasteiger partial charge in [-0.25, -0.2) is 4.79 Å². The van der Waals surface area contributed by atoms with E-state index in [4.69, 9.17) is 5.53 Å². The summed E-state index contributed by atoms with van der Waals surface area (Å²) in [5, 5.41) is 6.97. The van der Waals surface area contributed by atoms with Gasteiger partial charge in [-0.1, -0.05) is 5.11 Å². The fourth-order valence-electron chi connectivity index (χ4n) is 0.539. The van der Waals surface area contributed by atoms with Gasteiger partial charge in [-0.15, -0.1) is 0 Å². The van der Waals surface area contributed by atoms with Crippen molar-refractivity contribution >= 4 is 11.9 Å². The van der Waals surface area contributed by atoms with Gasteiger partial charge in [0.15, 0.2) is 6.17 Å². The van der Waals surface area contributed by atoms with Crippen molar-refractivity contribution in [1.29, 1.82) is 0 Å². The number of nitrogens with zero attached hydrogens (tertiary/aromatic N) is 3. The van der Waals surface area contributed by atoms with E-state index in [0.29, 0.717) is 0 Å². The second-order valence-corrected chi connectivity index (χ2v) is 1.57. The van der Waals surface area contributed by atoms with Crippen LogP contribution in [0.15, 0.2) is 5.11 Å². The summed E-state index contributed by atoms with van der Waals surface area (Å²) in [5.74, 6) is -0.622. The molecule has 1 aliphatic heterocycles. The van der Waals surface area contributed by atoms with Crippen LogP contribution in [0.3, 0.4) is 0 Å². The van der Waals surface area contributed by atoms with Crippen LogP contribution in [0.2, 0.25) is 0 Å². The largest absolute Gasteiger partial charge is 0.322 e. The fraction of sp³-hybridized carbons (Fsp3) is 0.333. The zero-order chi connectivity index (χ0) is 7.56. The van der Waals surface area contributed by atoms with Crippen molar-refractivity contribution in [1.82, 2.24) is 10.6 Å². The van der Waals surface area contributed by atoms with Crippen LogP contribution < -0.4 is 10.6 Å². The second kappa shape index (κ2) is 2.24. The van der Waals surface area contributed by atoms with E-state index in [-0.39, 0.29) is 0 Å². The van der Waals surface area contributed by atoms with Gasteiger partial charge >= 0.3 is 6.03 Å². The summed E-state index contributed by atoms with van der Waals surface area (Å²) in [6, 6.07) is -0.637. The van der Waals surface area contributed by atoms with Gasteiger partial charge in [0.25, 0.3) is 5.91 Å². The van der Waals surface area contributed by atoms with Crippen LogP contribution in [0, 0.1) is 0 Å². The lowest BCUT2D eigenvalue weighted by atomic mass is 10.5. The highest BCUT2D eigenvalue weighted by atomic mass is 16.2. The van der Waals surface area contributed by atoms with Crippen LogP contribution in [0.5, 0.6) is 0 Å². The van der Waals surface area contributed by atoms with Crippen molar-refractivity contribution in [3.63, 3.8) is 0 Å². The number of nitrogens with one attached hydrogen (secondary N) is 2. The van der Waals surface area contributed by atoms with E-state index in [1.807, 2.05) is 5.32 Å². The molecular weight excluding hydrogens is 138 g/mol. The molecule has 0 saturated carbocycles. The maximum Gasteiger partial charge on any atom is 0.322 e. The molecule has 3 amide bonds. The molecule has 0 radical (unpaired) electrons. The molecule has 52 valence electrons. The van der Waals surface area contributed by atoms with Crippen molar-refractivity contribution in [2.75, 3.05) is 0 Å². The Hall–Kier alpha value is -1.75. The number of carbonyl (C=O) groups excluding carboxylic acids is 2. The number of carbonyl (C=O) groups is 2. The van der Waals surface area contributed by atoms with Crippen molar-refractivity contribution in [2.24, 2.45) is 5.11 Å². The maximum atomic E-state index is 10.5. The summed E-state index contributed by atoms with van der Waals surface area (Å²) in [6.45, 7) is 0. The molecule has 7 heteroatoms. The van der Waals surface area contributed by atoms with Crippen LogP contribution in [0.4, 0.5) is 4.79 Å². The predicted molar refractivity (Wildman–Crippen MR) is 29.6 cm³/mol. The lowest BCUT2D eigenvalue weighted by Gasteiger charge is -1.92. The fourth-order valence-corrected chi connectivity index (χ4v) is 0.539. The Morgan fingerprint density at radius 3 is 2.70 bits per heavy atom. The average molecular weight is 141 g/mol. The summed E-state index contributed by atoms with van der Waals surface area (Å²) in [7, 11) is 0. The van der Waals surface area contributed by atoms with E-state index in [2.05, 4.69) is 15.3 Å². The molecule has 1 heterocycles. The number of imide groups is 1. The Morgan fingerprint density at radius 2 is 2.30 bits per heavy atom. The average Bonchev–Trinajstić information content (AvgIpc) is 2.13. The van der Waals surface area contributed by atoms with Gasteiger partial charge < -0.3 is 5.32 Å². The second-order valence-electron chi connectivity index (χ2n) is 1.57. The first-order chi connectivity index (χ1) is 4.74. The summed E-state index contributed by atoms with van der Waals surface area (Å²) in [6.07, 6.45) is -1.09. The van der Waals surface area contributed by atoms with Gasteiger partial charge in [-0.2, -0.15) is 0 Å². The SMILES string of the molecule is [N-]=[N+]=NC1NC(=O)NC1=O. The normalized spacial score (nSPS) is 23.0. The first-order valence-electron chi connectivity index (χ1n) is 2.39. The smallest absolute Gasteiger partial charge is 0.321 e. The summed E-state index contributed by atoms with van der Waals surface area (Å²) in [5.41, 5.74) is 7.86. The van der Waals surface area contributed by atoms with Crippen molar-refractivity contribution < 1.29 is 9.59 Å². The summed E-state index contributed by atoms with van der Waals surface area (Å²) < 4.78 is 0. The van der Waals surface area contributed by atoms with E-state index >= 15 is 0 Å². The summed E-state index contributed by atoms with van der Waals surface area (Å²) in [4.78, 5) is 23.2. The molecule has 1 atom stereocenters. The molecule has 1 saturated heterocycles. The van der Waals surface area contributed by atoms with E-state index < -0.39 is 18.1 Å². The minimum atomic E-state index is -1.09. The molecule has 1 rings (SSSR count). The molecule has 2 N–H and O–H groups in total. The topological polar surface area (TPSA) is 107 Å². The Labute approximate surface area is 55.0 Å². The third-order valence-electron chi connectivity index (χ3n) is 0.920. The minimum absolute atomic E-state index is 0.622. The van der Waals surface area contributed by atoms with Crippen molar-refractivity contribution in [2.45, 2.75) is 6.17 Å². The highest BCUT2D eigenvalue weighted by Gasteiger charge is 2.27. The lowest BCUT2D eigenvalue weighted by molar-refractivity contribution is -0.120. The molecule has 1 aliphatic rings. The van der Waals surface area contributed by atoms with Gasteiger partial charge in [0, 0.05) is 4.91 Å². The van der Waals surface area contributed by atoms with Gasteiger partial charge in [0.1, 0.15) is 0 Å². The zero-order valence-corrected chi connectivity index (χ0v) is 4.74. The van der Waals surface area contributed by atoms with Crippen LogP contribution in [-0.2, 0) is 4.79 Å². The molecule has 1 unspecified atom stereocenters. The maximum absolute atomic E-state index is 10.5. The van der Waals surface area contributed by atoms with E-state index in [1.54, 1.807) is 0 Å². The lowest BCUT2D eigenvalue weighted by Crippen LogP contribution is -2.25. The Bertz CT molecular complexity index is 229. The van der Waals surface area contributed by atoms with E-state index in [0.717, 1.165) is 0 Å². The highest BCUT2D eigenvalue weighted by Crippen LogP contribution is 1.93. The Balaban J connectivity index is 2.72. The number of azide groups is 1. The molecule has 0 bridgehead atoms. The minimum Gasteiger partial charge on any atom is -0.321 e. The zero-order valence-electron chi connectivity index (χ0n) is 4.74. The first kappa shape index (κ1) is 6.37. The van der Waals surface area contributed by atoms with Crippen LogP contribution in [-0.4, -0.2) is 18.1 Å². The molecule has 1 fully saturated rings. The third-order valence-corrected chi connectivity index (χ3v) is 0.920. The predicted octanol–water partition coefficient (Wildman–Crippen LogP) is -0.538. The Morgan fingerprint density at radius 1 is 1.60 bits per heavy atom. The number of hydrogen-bond acceptors (Lipinski definition) is 3. The van der Waals surface area contributed by atoms with Gasteiger partial charge in [0.05, 0.1) is 0 Å². The van der Waals surface area contributed by atoms with Crippen molar-refractivity contribution in [3.8, 4) is 0 Å². The van der Waals surface area contributed by atoms with Gasteiger partial charge in [-0.3, -0.25) is 10.1 Å². The van der Waals surface area contributed by atoms with Gasteiger partial charge in [0.2, 0.25) is 0 Å². The third kappa shape index (κ3) is 0.981. The number of urea groups is 1. The molecule has 0 aromatic rings. The number of amides is 3. The van der Waals surface area contributed by atoms with E-state index in [1.165, 1.54) is 0 Å². The van der Waals surface area contributed by atoms with Crippen LogP contribution in [0.25, 0.3) is 10.4 Å². The number of rotatable bonds is 1. The summed E-state index contributed by atoms with van der Waals surface area (Å²) >= 11 is 0. The number of hydrogen-bond donors (Lipinski definition) is 2. The van der Waals surface area contributed by atoms with Crippen LogP contribution in [0.1, 0.15) is 0 Å². The standard InChI is InChI=1S/C3H3N5O2/c4-8-7-1-2(9)6-3(10)5-1/h1H,(H2,5,6,9,10). The molecule has 0 aromatic heterocycles. The first-order valence-corrected chi connectivity index (χ1v) is 2.39. The molecule has 0 aromatic carbocycles. The molecule has 0 spiro atoms. The molecule has 10 heavy (non-hydrogen) atoms. The molecule has 7 nitrogen and oxygen atoms in total. The quantitative estimate of drug-likeness (QED) is 0.221.